The lowest BCUT2D eigenvalue weighted by Gasteiger charge is -2.32. The number of para-hydroxylation sites is 2. The molecule has 0 spiro atoms. The predicted molar refractivity (Wildman–Crippen MR) is 82.2 cm³/mol. The Kier molecular flexibility index (Phi) is 3.69. The summed E-state index contributed by atoms with van der Waals surface area (Å²) in [5.41, 5.74) is 0.588. The first kappa shape index (κ1) is 14.1. The second kappa shape index (κ2) is 5.50. The van der Waals surface area contributed by atoms with Crippen LogP contribution in [0.2, 0.25) is 0 Å². The topological polar surface area (TPSA) is 66.8 Å². The summed E-state index contributed by atoms with van der Waals surface area (Å²) in [5.74, 6) is -0.914. The first-order valence-corrected chi connectivity index (χ1v) is 7.73. The maximum absolute atomic E-state index is 12.6. The number of benzene rings is 1. The molecular formula is C14H10BrNO4S. The molecule has 0 bridgehead atoms. The third-order valence-corrected chi connectivity index (χ3v) is 4.69. The number of fused-ring (bicyclic) bond motifs is 1. The maximum atomic E-state index is 12.6. The Hall–Kier alpha value is -1.86. The van der Waals surface area contributed by atoms with Gasteiger partial charge < -0.3 is 9.84 Å². The van der Waals surface area contributed by atoms with E-state index in [1.54, 1.807) is 36.4 Å². The smallest absolute Gasteiger partial charge is 0.346 e. The van der Waals surface area contributed by atoms with Crippen LogP contribution < -0.4 is 9.64 Å². The summed E-state index contributed by atoms with van der Waals surface area (Å²) < 4.78 is 6.26. The highest BCUT2D eigenvalue weighted by molar-refractivity contribution is 9.11. The number of halogens is 1. The molecule has 0 fully saturated rings. The van der Waals surface area contributed by atoms with Gasteiger partial charge in [-0.05, 0) is 40.2 Å². The van der Waals surface area contributed by atoms with E-state index in [9.17, 15) is 14.7 Å². The summed E-state index contributed by atoms with van der Waals surface area (Å²) in [4.78, 5) is 25.8. The van der Waals surface area contributed by atoms with Crippen molar-refractivity contribution in [2.45, 2.75) is 6.10 Å². The lowest BCUT2D eigenvalue weighted by molar-refractivity contribution is -0.144. The number of aliphatic carboxylic acids is 1. The van der Waals surface area contributed by atoms with Gasteiger partial charge in [-0.1, -0.05) is 12.1 Å². The Morgan fingerprint density at radius 1 is 1.29 bits per heavy atom. The number of nitrogens with zero attached hydrogens (tertiary/aromatic N) is 1. The SMILES string of the molecule is O=C(O)C1CN(C(=O)c2ccc(Br)s2)c2ccccc2O1. The van der Waals surface area contributed by atoms with Crippen LogP contribution in [0.1, 0.15) is 9.67 Å². The summed E-state index contributed by atoms with van der Waals surface area (Å²) in [6.45, 7) is -0.0132. The second-order valence-electron chi connectivity index (χ2n) is 4.43. The van der Waals surface area contributed by atoms with Crippen molar-refractivity contribution in [2.75, 3.05) is 11.4 Å². The Labute approximate surface area is 132 Å². The molecule has 1 aliphatic heterocycles. The molecule has 1 N–H and O–H groups in total. The summed E-state index contributed by atoms with van der Waals surface area (Å²) in [6.07, 6.45) is -1.06. The normalized spacial score (nSPS) is 17.0. The Morgan fingerprint density at radius 2 is 2.05 bits per heavy atom. The molecule has 21 heavy (non-hydrogen) atoms. The molecule has 0 aliphatic carbocycles. The van der Waals surface area contributed by atoms with Crippen molar-refractivity contribution < 1.29 is 19.4 Å². The van der Waals surface area contributed by atoms with Gasteiger partial charge in [0.25, 0.3) is 5.91 Å². The zero-order chi connectivity index (χ0) is 15.0. The number of carbonyl (C=O) groups excluding carboxylic acids is 1. The molecule has 2 heterocycles. The van der Waals surface area contributed by atoms with E-state index in [1.807, 2.05) is 0 Å². The van der Waals surface area contributed by atoms with E-state index in [1.165, 1.54) is 16.2 Å². The van der Waals surface area contributed by atoms with Gasteiger partial charge in [0, 0.05) is 0 Å². The molecular weight excluding hydrogens is 358 g/mol. The molecule has 1 aromatic carbocycles. The quantitative estimate of drug-likeness (QED) is 0.885. The number of carboxylic acid groups (broad SMARTS) is 1. The van der Waals surface area contributed by atoms with Crippen LogP contribution in [-0.4, -0.2) is 29.6 Å². The summed E-state index contributed by atoms with van der Waals surface area (Å²) in [5, 5.41) is 9.17. The van der Waals surface area contributed by atoms with Crippen LogP contribution in [0.15, 0.2) is 40.2 Å². The molecule has 0 saturated heterocycles. The zero-order valence-corrected chi connectivity index (χ0v) is 13.1. The molecule has 108 valence electrons. The van der Waals surface area contributed by atoms with Crippen LogP contribution in [0.4, 0.5) is 5.69 Å². The van der Waals surface area contributed by atoms with Crippen molar-refractivity contribution in [1.82, 2.24) is 0 Å². The third kappa shape index (κ3) is 2.66. The molecule has 5 nitrogen and oxygen atoms in total. The monoisotopic (exact) mass is 367 g/mol. The Morgan fingerprint density at radius 3 is 2.71 bits per heavy atom. The number of hydrogen-bond donors (Lipinski definition) is 1. The Balaban J connectivity index is 2.00. The van der Waals surface area contributed by atoms with Crippen LogP contribution in [0.3, 0.4) is 0 Å². The molecule has 1 amide bonds. The highest BCUT2D eigenvalue weighted by Gasteiger charge is 2.34. The van der Waals surface area contributed by atoms with E-state index in [4.69, 9.17) is 4.74 Å². The minimum atomic E-state index is -1.09. The van der Waals surface area contributed by atoms with Gasteiger partial charge >= 0.3 is 5.97 Å². The number of ether oxygens (including phenoxy) is 1. The highest BCUT2D eigenvalue weighted by Crippen LogP contribution is 2.35. The summed E-state index contributed by atoms with van der Waals surface area (Å²) >= 11 is 4.63. The van der Waals surface area contributed by atoms with Gasteiger partial charge in [-0.2, -0.15) is 0 Å². The molecule has 0 saturated carbocycles. The van der Waals surface area contributed by atoms with E-state index < -0.39 is 12.1 Å². The van der Waals surface area contributed by atoms with Crippen molar-refractivity contribution in [3.05, 3.63) is 45.1 Å². The van der Waals surface area contributed by atoms with E-state index in [2.05, 4.69) is 15.9 Å². The number of carboxylic acids is 1. The van der Waals surface area contributed by atoms with Gasteiger partial charge in [-0.3, -0.25) is 9.69 Å². The van der Waals surface area contributed by atoms with E-state index >= 15 is 0 Å². The average Bonchev–Trinajstić information content (AvgIpc) is 2.92. The number of hydrogen-bond acceptors (Lipinski definition) is 4. The largest absolute Gasteiger partial charge is 0.478 e. The minimum Gasteiger partial charge on any atom is -0.478 e. The van der Waals surface area contributed by atoms with E-state index in [0.29, 0.717) is 16.3 Å². The van der Waals surface area contributed by atoms with Crippen molar-refractivity contribution in [1.29, 1.82) is 0 Å². The molecule has 1 aliphatic rings. The molecule has 1 aromatic heterocycles. The maximum Gasteiger partial charge on any atom is 0.346 e. The van der Waals surface area contributed by atoms with Gasteiger partial charge in [0.1, 0.15) is 5.75 Å². The number of thiophene rings is 1. The van der Waals surface area contributed by atoms with Crippen LogP contribution in [0.25, 0.3) is 0 Å². The van der Waals surface area contributed by atoms with Gasteiger partial charge in [0.15, 0.2) is 0 Å². The first-order valence-electron chi connectivity index (χ1n) is 6.12. The fraction of sp³-hybridized carbons (Fsp3) is 0.143. The number of anilines is 1. The van der Waals surface area contributed by atoms with E-state index in [-0.39, 0.29) is 12.5 Å². The molecule has 0 radical (unpaired) electrons. The number of rotatable bonds is 2. The van der Waals surface area contributed by atoms with Gasteiger partial charge in [0.2, 0.25) is 6.10 Å². The van der Waals surface area contributed by atoms with E-state index in [0.717, 1.165) is 3.79 Å². The molecule has 1 unspecified atom stereocenters. The number of amides is 1. The third-order valence-electron chi connectivity index (χ3n) is 3.08. The van der Waals surface area contributed by atoms with Crippen molar-refractivity contribution >= 4 is 44.8 Å². The fourth-order valence-electron chi connectivity index (χ4n) is 2.12. The minimum absolute atomic E-state index is 0.0132. The lowest BCUT2D eigenvalue weighted by Crippen LogP contribution is -2.46. The van der Waals surface area contributed by atoms with Gasteiger partial charge in [-0.15, -0.1) is 11.3 Å². The van der Waals surface area contributed by atoms with Gasteiger partial charge in [-0.25, -0.2) is 4.79 Å². The zero-order valence-electron chi connectivity index (χ0n) is 10.7. The highest BCUT2D eigenvalue weighted by atomic mass is 79.9. The standard InChI is InChI=1S/C14H10BrNO4S/c15-12-6-5-11(21-12)13(17)16-7-10(14(18)19)20-9-4-2-1-3-8(9)16/h1-6,10H,7H2,(H,18,19). The first-order chi connectivity index (χ1) is 10.1. The van der Waals surface area contributed by atoms with Gasteiger partial charge in [0.05, 0.1) is 20.9 Å². The summed E-state index contributed by atoms with van der Waals surface area (Å²) in [6, 6.07) is 10.4. The van der Waals surface area contributed by atoms with Crippen molar-refractivity contribution in [2.24, 2.45) is 0 Å². The molecule has 7 heteroatoms. The number of carbonyl (C=O) groups is 2. The van der Waals surface area contributed by atoms with Crippen LogP contribution in [0.5, 0.6) is 5.75 Å². The lowest BCUT2D eigenvalue weighted by atomic mass is 10.1. The second-order valence-corrected chi connectivity index (χ2v) is 6.89. The van der Waals surface area contributed by atoms with Crippen LogP contribution in [0, 0.1) is 0 Å². The average molecular weight is 368 g/mol. The van der Waals surface area contributed by atoms with Crippen molar-refractivity contribution in [3.8, 4) is 5.75 Å². The molecule has 3 rings (SSSR count). The summed E-state index contributed by atoms with van der Waals surface area (Å²) in [7, 11) is 0. The van der Waals surface area contributed by atoms with Crippen molar-refractivity contribution in [3.63, 3.8) is 0 Å². The molecule has 2 aromatic rings. The molecule has 1 atom stereocenters. The van der Waals surface area contributed by atoms with Crippen LogP contribution in [-0.2, 0) is 4.79 Å². The predicted octanol–water partition coefficient (Wildman–Crippen LogP) is 3.00. The van der Waals surface area contributed by atoms with Crippen LogP contribution >= 0.6 is 27.3 Å². The fourth-order valence-corrected chi connectivity index (χ4v) is 3.45. The Bertz CT molecular complexity index is 715.